The molecule has 1 fully saturated rings. The molecule has 1 aliphatic heterocycles. The van der Waals surface area contributed by atoms with Crippen LogP contribution in [0.4, 0.5) is 0 Å². The van der Waals surface area contributed by atoms with Crippen molar-refractivity contribution in [2.24, 2.45) is 4.99 Å². The van der Waals surface area contributed by atoms with Crippen LogP contribution in [0.1, 0.15) is 33.1 Å². The smallest absolute Gasteiger partial charge is 0.305 e. The number of unbranched alkanes of at least 4 members (excludes halogenated alkanes) is 1. The van der Waals surface area contributed by atoms with E-state index >= 15 is 0 Å². The first-order valence-electron chi connectivity index (χ1n) is 7.48. The lowest BCUT2D eigenvalue weighted by atomic mass is 10.2. The number of carbonyl (C=O) groups excluding carboxylic acids is 1. The summed E-state index contributed by atoms with van der Waals surface area (Å²) >= 11 is 0. The van der Waals surface area contributed by atoms with E-state index in [0.29, 0.717) is 32.0 Å². The molecule has 0 aromatic rings. The summed E-state index contributed by atoms with van der Waals surface area (Å²) in [5, 5.41) is 3.22. The Bertz CT molecular complexity index is 520. The zero-order chi connectivity index (χ0) is 16.8. The molecule has 0 amide bonds. The Balaban J connectivity index is 0.00000484. The minimum atomic E-state index is -3.05. The van der Waals surface area contributed by atoms with Crippen LogP contribution in [0, 0.1) is 0 Å². The zero-order valence-electron chi connectivity index (χ0n) is 14.3. The van der Waals surface area contributed by atoms with Crippen molar-refractivity contribution in [2.75, 3.05) is 39.5 Å². The van der Waals surface area contributed by atoms with E-state index in [1.54, 1.807) is 20.9 Å². The van der Waals surface area contributed by atoms with Gasteiger partial charge in [-0.25, -0.2) is 8.42 Å². The van der Waals surface area contributed by atoms with Crippen LogP contribution in [-0.4, -0.2) is 69.5 Å². The van der Waals surface area contributed by atoms with Gasteiger partial charge in [0.1, 0.15) is 0 Å². The average molecular weight is 461 g/mol. The van der Waals surface area contributed by atoms with Gasteiger partial charge < -0.3 is 15.0 Å². The van der Waals surface area contributed by atoms with E-state index in [1.165, 1.54) is 7.11 Å². The predicted molar refractivity (Wildman–Crippen MR) is 102 cm³/mol. The Labute approximate surface area is 156 Å². The third-order valence-electron chi connectivity index (χ3n) is 3.87. The summed E-state index contributed by atoms with van der Waals surface area (Å²) in [5.74, 6) is 0.650. The van der Waals surface area contributed by atoms with E-state index in [9.17, 15) is 13.2 Å². The van der Waals surface area contributed by atoms with E-state index in [0.717, 1.165) is 12.8 Å². The number of halogens is 1. The predicted octanol–water partition coefficient (Wildman–Crippen LogP) is 1.03. The molecule has 1 rings (SSSR count). The average Bonchev–Trinajstić information content (AvgIpc) is 2.45. The Morgan fingerprint density at radius 3 is 2.52 bits per heavy atom. The number of hydrogen-bond acceptors (Lipinski definition) is 5. The van der Waals surface area contributed by atoms with Crippen LogP contribution < -0.4 is 5.32 Å². The van der Waals surface area contributed by atoms with E-state index in [2.05, 4.69) is 15.0 Å². The molecule has 0 aliphatic carbocycles. The summed E-state index contributed by atoms with van der Waals surface area (Å²) in [6.45, 7) is 5.06. The second-order valence-corrected chi connectivity index (χ2v) is 8.75. The first kappa shape index (κ1) is 22.4. The molecule has 7 nitrogen and oxygen atoms in total. The van der Waals surface area contributed by atoms with Crippen LogP contribution in [0.5, 0.6) is 0 Å². The number of guanidine groups is 1. The highest BCUT2D eigenvalue weighted by atomic mass is 127. The van der Waals surface area contributed by atoms with Crippen molar-refractivity contribution < 1.29 is 17.9 Å². The van der Waals surface area contributed by atoms with Gasteiger partial charge in [0, 0.05) is 33.1 Å². The Morgan fingerprint density at radius 1 is 1.35 bits per heavy atom. The molecule has 0 aromatic heterocycles. The van der Waals surface area contributed by atoms with Crippen LogP contribution in [-0.2, 0) is 19.4 Å². The SMILES string of the molecule is CN=C(NCCCCC(=O)OC)N1CCS(=O)(=O)C(C)(C)C1.I. The van der Waals surface area contributed by atoms with Crippen LogP contribution in [0.25, 0.3) is 0 Å². The molecule has 136 valence electrons. The molecule has 0 aromatic carbocycles. The van der Waals surface area contributed by atoms with E-state index in [1.807, 2.05) is 4.90 Å². The normalized spacial score (nSPS) is 19.7. The fourth-order valence-corrected chi connectivity index (χ4v) is 3.72. The van der Waals surface area contributed by atoms with Gasteiger partial charge in [-0.15, -0.1) is 24.0 Å². The number of sulfone groups is 1. The van der Waals surface area contributed by atoms with Gasteiger partial charge in [-0.05, 0) is 26.7 Å². The summed E-state index contributed by atoms with van der Waals surface area (Å²) in [5.41, 5.74) is 0. The summed E-state index contributed by atoms with van der Waals surface area (Å²) in [6, 6.07) is 0. The van der Waals surface area contributed by atoms with Gasteiger partial charge in [0.2, 0.25) is 0 Å². The van der Waals surface area contributed by atoms with E-state index in [4.69, 9.17) is 0 Å². The maximum atomic E-state index is 12.0. The van der Waals surface area contributed by atoms with Crippen LogP contribution in [0.15, 0.2) is 4.99 Å². The topological polar surface area (TPSA) is 88.1 Å². The number of methoxy groups -OCH3 is 1. The Hall–Kier alpha value is -0.580. The monoisotopic (exact) mass is 461 g/mol. The van der Waals surface area contributed by atoms with Crippen molar-refractivity contribution in [1.29, 1.82) is 0 Å². The molecule has 0 unspecified atom stereocenters. The van der Waals surface area contributed by atoms with Crippen molar-refractivity contribution in [3.05, 3.63) is 0 Å². The molecule has 0 saturated carbocycles. The largest absolute Gasteiger partial charge is 0.469 e. The van der Waals surface area contributed by atoms with Crippen molar-refractivity contribution >= 4 is 45.7 Å². The van der Waals surface area contributed by atoms with Crippen LogP contribution >= 0.6 is 24.0 Å². The molecule has 0 radical (unpaired) electrons. The number of nitrogens with one attached hydrogen (secondary N) is 1. The highest BCUT2D eigenvalue weighted by Crippen LogP contribution is 2.23. The standard InChI is InChI=1S/C14H27N3O4S.HI/c1-14(2)11-17(9-10-22(14,19)20)13(15-3)16-8-6-5-7-12(18)21-4;/h5-11H2,1-4H3,(H,15,16);1H. The molecular formula is C14H28IN3O4S. The maximum Gasteiger partial charge on any atom is 0.305 e. The second kappa shape index (κ2) is 9.65. The molecule has 0 bridgehead atoms. The number of hydrogen-bond donors (Lipinski definition) is 1. The van der Waals surface area contributed by atoms with Gasteiger partial charge in [-0.1, -0.05) is 0 Å². The summed E-state index contributed by atoms with van der Waals surface area (Å²) in [7, 11) is 0.0179. The fraction of sp³-hybridized carbons (Fsp3) is 0.857. The fourth-order valence-electron chi connectivity index (χ4n) is 2.35. The van der Waals surface area contributed by atoms with Gasteiger partial charge in [-0.3, -0.25) is 9.79 Å². The first-order chi connectivity index (χ1) is 10.2. The van der Waals surface area contributed by atoms with E-state index in [-0.39, 0.29) is 35.7 Å². The zero-order valence-corrected chi connectivity index (χ0v) is 17.4. The molecule has 23 heavy (non-hydrogen) atoms. The number of esters is 1. The molecule has 0 atom stereocenters. The highest BCUT2D eigenvalue weighted by molar-refractivity contribution is 14.0. The molecule has 9 heteroatoms. The number of rotatable bonds is 5. The number of carbonyl (C=O) groups is 1. The summed E-state index contributed by atoms with van der Waals surface area (Å²) in [4.78, 5) is 17.2. The summed E-state index contributed by atoms with van der Waals surface area (Å²) < 4.78 is 27.9. The lowest BCUT2D eigenvalue weighted by Gasteiger charge is -2.39. The number of aliphatic imine (C=N–C) groups is 1. The highest BCUT2D eigenvalue weighted by Gasteiger charge is 2.40. The van der Waals surface area contributed by atoms with Gasteiger partial charge in [0.15, 0.2) is 15.8 Å². The molecule has 1 heterocycles. The third-order valence-corrected chi connectivity index (χ3v) is 6.41. The van der Waals surface area contributed by atoms with Gasteiger partial charge in [0.05, 0.1) is 17.6 Å². The lowest BCUT2D eigenvalue weighted by molar-refractivity contribution is -0.140. The molecule has 1 aliphatic rings. The Kier molecular flexibility index (Phi) is 9.41. The molecule has 1 N–H and O–H groups in total. The van der Waals surface area contributed by atoms with Gasteiger partial charge >= 0.3 is 5.97 Å². The minimum Gasteiger partial charge on any atom is -0.469 e. The van der Waals surface area contributed by atoms with Crippen molar-refractivity contribution in [1.82, 2.24) is 10.2 Å². The first-order valence-corrected chi connectivity index (χ1v) is 9.13. The molecule has 1 saturated heterocycles. The van der Waals surface area contributed by atoms with Gasteiger partial charge in [0.25, 0.3) is 0 Å². The number of ether oxygens (including phenoxy) is 1. The van der Waals surface area contributed by atoms with Crippen LogP contribution in [0.2, 0.25) is 0 Å². The van der Waals surface area contributed by atoms with E-state index < -0.39 is 14.6 Å². The van der Waals surface area contributed by atoms with Gasteiger partial charge in [-0.2, -0.15) is 0 Å². The van der Waals surface area contributed by atoms with Crippen LogP contribution in [0.3, 0.4) is 0 Å². The van der Waals surface area contributed by atoms with Crippen molar-refractivity contribution in [3.63, 3.8) is 0 Å². The maximum absolute atomic E-state index is 12.0. The second-order valence-electron chi connectivity index (χ2n) is 6.01. The lowest BCUT2D eigenvalue weighted by Crippen LogP contribution is -2.57. The summed E-state index contributed by atoms with van der Waals surface area (Å²) in [6.07, 6.45) is 1.98. The molecular weight excluding hydrogens is 433 g/mol. The molecule has 0 spiro atoms. The number of nitrogens with zero attached hydrogens (tertiary/aromatic N) is 2. The van der Waals surface area contributed by atoms with Crippen molar-refractivity contribution in [2.45, 2.75) is 37.9 Å². The third kappa shape index (κ3) is 6.44. The van der Waals surface area contributed by atoms with Crippen molar-refractivity contribution in [3.8, 4) is 0 Å². The minimum absolute atomic E-state index is 0. The quantitative estimate of drug-likeness (QED) is 0.216. The Morgan fingerprint density at radius 2 is 2.00 bits per heavy atom.